The van der Waals surface area contributed by atoms with Crippen molar-refractivity contribution in [2.75, 3.05) is 5.32 Å². The number of rotatable bonds is 2. The molecule has 0 saturated carbocycles. The molecule has 3 heterocycles. The van der Waals surface area contributed by atoms with E-state index in [1.54, 1.807) is 10.9 Å². The summed E-state index contributed by atoms with van der Waals surface area (Å²) in [4.78, 5) is 4.24. The molecular weight excluding hydrogens is 288 g/mol. The standard InChI is InChI=1S/C15H11ClN4O/c16-11-5-3-10(4-6-11)12-8-13(14-2-1-7-21-14)20-15(19-12)17-9-18-20/h1-9,13H,(H,17,18,19)/t13-/m1/s1. The molecule has 0 bridgehead atoms. The molecule has 0 amide bonds. The Morgan fingerprint density at radius 3 is 2.81 bits per heavy atom. The maximum Gasteiger partial charge on any atom is 0.226 e. The van der Waals surface area contributed by atoms with Crippen molar-refractivity contribution in [2.45, 2.75) is 6.04 Å². The minimum atomic E-state index is -0.121. The lowest BCUT2D eigenvalue weighted by Crippen LogP contribution is -2.19. The Hall–Kier alpha value is -2.53. The van der Waals surface area contributed by atoms with E-state index in [0.717, 1.165) is 17.0 Å². The molecule has 0 saturated heterocycles. The topological polar surface area (TPSA) is 55.9 Å². The second-order valence-corrected chi connectivity index (χ2v) is 5.14. The highest BCUT2D eigenvalue weighted by atomic mass is 35.5. The smallest absolute Gasteiger partial charge is 0.226 e. The molecule has 104 valence electrons. The fraction of sp³-hybridized carbons (Fsp3) is 0.0667. The molecule has 1 N–H and O–H groups in total. The number of hydrogen-bond donors (Lipinski definition) is 1. The highest BCUT2D eigenvalue weighted by Gasteiger charge is 2.24. The summed E-state index contributed by atoms with van der Waals surface area (Å²) in [6, 6.07) is 11.3. The first kappa shape index (κ1) is 12.2. The molecule has 1 atom stereocenters. The Morgan fingerprint density at radius 2 is 2.05 bits per heavy atom. The van der Waals surface area contributed by atoms with Gasteiger partial charge >= 0.3 is 0 Å². The zero-order chi connectivity index (χ0) is 14.2. The Labute approximate surface area is 125 Å². The van der Waals surface area contributed by atoms with Crippen molar-refractivity contribution in [1.29, 1.82) is 0 Å². The molecule has 1 aliphatic rings. The molecule has 3 aromatic rings. The molecule has 4 rings (SSSR count). The zero-order valence-electron chi connectivity index (χ0n) is 10.9. The minimum absolute atomic E-state index is 0.121. The number of anilines is 1. The highest BCUT2D eigenvalue weighted by Crippen LogP contribution is 2.32. The summed E-state index contributed by atoms with van der Waals surface area (Å²) >= 11 is 5.94. The number of halogens is 1. The van der Waals surface area contributed by atoms with Crippen molar-refractivity contribution >= 4 is 23.2 Å². The van der Waals surface area contributed by atoms with Crippen molar-refractivity contribution in [3.63, 3.8) is 0 Å². The van der Waals surface area contributed by atoms with E-state index >= 15 is 0 Å². The number of nitrogens with zero attached hydrogens (tertiary/aromatic N) is 3. The molecule has 1 aromatic carbocycles. The number of aromatic nitrogens is 3. The second-order valence-electron chi connectivity index (χ2n) is 4.70. The van der Waals surface area contributed by atoms with Gasteiger partial charge in [-0.25, -0.2) is 4.68 Å². The van der Waals surface area contributed by atoms with E-state index in [1.807, 2.05) is 36.4 Å². The van der Waals surface area contributed by atoms with Crippen molar-refractivity contribution < 1.29 is 4.42 Å². The number of benzene rings is 1. The average molecular weight is 299 g/mol. The zero-order valence-corrected chi connectivity index (χ0v) is 11.7. The van der Waals surface area contributed by atoms with Crippen LogP contribution in [0.5, 0.6) is 0 Å². The first-order valence-corrected chi connectivity index (χ1v) is 6.87. The monoisotopic (exact) mass is 298 g/mol. The van der Waals surface area contributed by atoms with Gasteiger partial charge in [0.25, 0.3) is 0 Å². The van der Waals surface area contributed by atoms with Crippen molar-refractivity contribution in [3.8, 4) is 0 Å². The lowest BCUT2D eigenvalue weighted by Gasteiger charge is -2.22. The van der Waals surface area contributed by atoms with Gasteiger partial charge in [-0.15, -0.1) is 0 Å². The van der Waals surface area contributed by atoms with Crippen LogP contribution >= 0.6 is 11.6 Å². The fourth-order valence-electron chi connectivity index (χ4n) is 2.39. The molecule has 0 spiro atoms. The summed E-state index contributed by atoms with van der Waals surface area (Å²) in [6.07, 6.45) is 5.24. The minimum Gasteiger partial charge on any atom is -0.467 e. The van der Waals surface area contributed by atoms with Crippen LogP contribution in [0.1, 0.15) is 17.4 Å². The quantitative estimate of drug-likeness (QED) is 0.785. The second kappa shape index (κ2) is 4.79. The molecular formula is C15H11ClN4O. The Bertz CT molecular complexity index is 789. The van der Waals surface area contributed by atoms with Crippen LogP contribution in [0, 0.1) is 0 Å². The number of allylic oxidation sites excluding steroid dienone is 1. The summed E-state index contributed by atoms with van der Waals surface area (Å²) in [5.74, 6) is 1.50. The van der Waals surface area contributed by atoms with Crippen LogP contribution in [0.2, 0.25) is 5.02 Å². The summed E-state index contributed by atoms with van der Waals surface area (Å²) < 4.78 is 7.31. The van der Waals surface area contributed by atoms with Crippen molar-refractivity contribution in [2.24, 2.45) is 0 Å². The van der Waals surface area contributed by atoms with E-state index in [2.05, 4.69) is 21.5 Å². The molecule has 0 aliphatic carbocycles. The van der Waals surface area contributed by atoms with Crippen LogP contribution in [0.3, 0.4) is 0 Å². The van der Waals surface area contributed by atoms with E-state index in [1.165, 1.54) is 6.33 Å². The van der Waals surface area contributed by atoms with E-state index in [-0.39, 0.29) is 6.04 Å². The van der Waals surface area contributed by atoms with E-state index in [9.17, 15) is 0 Å². The predicted molar refractivity (Wildman–Crippen MR) is 79.9 cm³/mol. The van der Waals surface area contributed by atoms with Gasteiger partial charge in [-0.05, 0) is 35.9 Å². The third-order valence-electron chi connectivity index (χ3n) is 3.40. The molecule has 5 nitrogen and oxygen atoms in total. The van der Waals surface area contributed by atoms with Gasteiger partial charge in [-0.2, -0.15) is 10.1 Å². The van der Waals surface area contributed by atoms with Gasteiger partial charge in [0.15, 0.2) is 0 Å². The largest absolute Gasteiger partial charge is 0.467 e. The number of hydrogen-bond acceptors (Lipinski definition) is 4. The Kier molecular flexibility index (Phi) is 2.79. The number of fused-ring (bicyclic) bond motifs is 1. The maximum atomic E-state index is 5.94. The Morgan fingerprint density at radius 1 is 1.19 bits per heavy atom. The number of furan rings is 1. The van der Waals surface area contributed by atoms with Gasteiger partial charge in [0, 0.05) is 10.7 Å². The van der Waals surface area contributed by atoms with Crippen LogP contribution < -0.4 is 5.32 Å². The molecule has 1 aliphatic heterocycles. The molecule has 0 radical (unpaired) electrons. The summed E-state index contributed by atoms with van der Waals surface area (Å²) in [7, 11) is 0. The molecule has 21 heavy (non-hydrogen) atoms. The van der Waals surface area contributed by atoms with Crippen molar-refractivity contribution in [1.82, 2.24) is 14.8 Å². The summed E-state index contributed by atoms with van der Waals surface area (Å²) in [5, 5.41) is 8.23. The van der Waals surface area contributed by atoms with Gasteiger partial charge < -0.3 is 9.73 Å². The highest BCUT2D eigenvalue weighted by molar-refractivity contribution is 6.30. The summed E-state index contributed by atoms with van der Waals surface area (Å²) in [6.45, 7) is 0. The van der Waals surface area contributed by atoms with Crippen LogP contribution in [-0.2, 0) is 0 Å². The molecule has 6 heteroatoms. The van der Waals surface area contributed by atoms with E-state index in [4.69, 9.17) is 16.0 Å². The van der Waals surface area contributed by atoms with E-state index < -0.39 is 0 Å². The van der Waals surface area contributed by atoms with Gasteiger partial charge in [-0.1, -0.05) is 23.7 Å². The van der Waals surface area contributed by atoms with Crippen LogP contribution in [0.15, 0.2) is 59.5 Å². The fourth-order valence-corrected chi connectivity index (χ4v) is 2.52. The maximum absolute atomic E-state index is 5.94. The number of nitrogens with one attached hydrogen (secondary N) is 1. The van der Waals surface area contributed by atoms with Crippen LogP contribution in [0.4, 0.5) is 5.95 Å². The lowest BCUT2D eigenvalue weighted by atomic mass is 10.1. The molecule has 0 fully saturated rings. The van der Waals surface area contributed by atoms with Gasteiger partial charge in [0.05, 0.1) is 6.26 Å². The first-order valence-electron chi connectivity index (χ1n) is 6.49. The van der Waals surface area contributed by atoms with Gasteiger partial charge in [0.2, 0.25) is 5.95 Å². The van der Waals surface area contributed by atoms with Crippen LogP contribution in [-0.4, -0.2) is 14.8 Å². The third-order valence-corrected chi connectivity index (χ3v) is 3.65. The average Bonchev–Trinajstić information content (AvgIpc) is 3.18. The lowest BCUT2D eigenvalue weighted by molar-refractivity contribution is 0.448. The Balaban J connectivity index is 1.80. The first-order chi connectivity index (χ1) is 10.3. The van der Waals surface area contributed by atoms with Crippen LogP contribution in [0.25, 0.3) is 5.70 Å². The summed E-state index contributed by atoms with van der Waals surface area (Å²) in [5.41, 5.74) is 1.98. The third kappa shape index (κ3) is 2.11. The normalized spacial score (nSPS) is 17.0. The predicted octanol–water partition coefficient (Wildman–Crippen LogP) is 3.58. The van der Waals surface area contributed by atoms with Gasteiger partial charge in [0.1, 0.15) is 18.1 Å². The molecule has 2 aromatic heterocycles. The molecule has 0 unspecified atom stereocenters. The van der Waals surface area contributed by atoms with E-state index in [0.29, 0.717) is 11.0 Å². The SMILES string of the molecule is Clc1ccc(C2=C[C@H](c3ccco3)n3ncnc3N2)cc1. The van der Waals surface area contributed by atoms with Crippen molar-refractivity contribution in [3.05, 3.63) is 71.4 Å². The van der Waals surface area contributed by atoms with Gasteiger partial charge in [-0.3, -0.25) is 0 Å².